The summed E-state index contributed by atoms with van der Waals surface area (Å²) >= 11 is 5.89. The van der Waals surface area contributed by atoms with E-state index in [1.807, 2.05) is 0 Å². The molecule has 1 heterocycles. The van der Waals surface area contributed by atoms with Crippen molar-refractivity contribution in [2.75, 3.05) is 0 Å². The first-order valence-electron chi connectivity index (χ1n) is 6.27. The molecule has 0 aliphatic carbocycles. The SMILES string of the molecule is NC(Cc1nc2cc(Cl)ccc2cc1CP(=O)(O)O)C(=O)O. The van der Waals surface area contributed by atoms with E-state index >= 15 is 0 Å². The van der Waals surface area contributed by atoms with E-state index in [1.54, 1.807) is 24.3 Å². The monoisotopic (exact) mass is 344 g/mol. The van der Waals surface area contributed by atoms with Gasteiger partial charge >= 0.3 is 13.6 Å². The number of pyridine rings is 1. The summed E-state index contributed by atoms with van der Waals surface area (Å²) in [6.45, 7) is 0. The molecule has 1 atom stereocenters. The van der Waals surface area contributed by atoms with Crippen LogP contribution < -0.4 is 5.73 Å². The molecule has 0 fully saturated rings. The number of nitrogens with two attached hydrogens (primary N) is 1. The third kappa shape index (κ3) is 4.25. The fourth-order valence-electron chi connectivity index (χ4n) is 2.06. The highest BCUT2D eigenvalue weighted by atomic mass is 35.5. The summed E-state index contributed by atoms with van der Waals surface area (Å²) in [5.74, 6) is -1.21. The number of rotatable bonds is 5. The first-order valence-corrected chi connectivity index (χ1v) is 8.44. The Balaban J connectivity index is 2.54. The van der Waals surface area contributed by atoms with Crippen LogP contribution in [0.4, 0.5) is 0 Å². The molecule has 0 saturated carbocycles. The lowest BCUT2D eigenvalue weighted by Gasteiger charge is -2.13. The maximum atomic E-state index is 11.3. The summed E-state index contributed by atoms with van der Waals surface area (Å²) in [6, 6.07) is 5.26. The van der Waals surface area contributed by atoms with E-state index in [4.69, 9.17) is 32.2 Å². The topological polar surface area (TPSA) is 134 Å². The van der Waals surface area contributed by atoms with Gasteiger partial charge in [0, 0.05) is 22.5 Å². The Hall–Kier alpha value is -1.50. The lowest BCUT2D eigenvalue weighted by molar-refractivity contribution is -0.138. The van der Waals surface area contributed by atoms with Crippen molar-refractivity contribution in [2.45, 2.75) is 18.6 Å². The number of fused-ring (bicyclic) bond motifs is 1. The van der Waals surface area contributed by atoms with Crippen LogP contribution >= 0.6 is 19.2 Å². The van der Waals surface area contributed by atoms with Gasteiger partial charge in [-0.05, 0) is 23.8 Å². The van der Waals surface area contributed by atoms with Crippen LogP contribution in [0, 0.1) is 0 Å². The van der Waals surface area contributed by atoms with E-state index in [9.17, 15) is 9.36 Å². The van der Waals surface area contributed by atoms with Crippen molar-refractivity contribution < 1.29 is 24.3 Å². The predicted octanol–water partition coefficient (Wildman–Crippen LogP) is 1.52. The highest BCUT2D eigenvalue weighted by molar-refractivity contribution is 7.50. The summed E-state index contributed by atoms with van der Waals surface area (Å²) in [5.41, 5.74) is 6.53. The van der Waals surface area contributed by atoms with E-state index in [1.165, 1.54) is 0 Å². The van der Waals surface area contributed by atoms with Crippen LogP contribution in [0.15, 0.2) is 24.3 Å². The van der Waals surface area contributed by atoms with Gasteiger partial charge in [0.25, 0.3) is 0 Å². The molecule has 0 amide bonds. The van der Waals surface area contributed by atoms with Crippen molar-refractivity contribution in [3.05, 3.63) is 40.5 Å². The van der Waals surface area contributed by atoms with E-state index in [0.717, 1.165) is 0 Å². The molecule has 22 heavy (non-hydrogen) atoms. The third-order valence-electron chi connectivity index (χ3n) is 3.06. The minimum absolute atomic E-state index is 0.132. The summed E-state index contributed by atoms with van der Waals surface area (Å²) < 4.78 is 11.3. The standard InChI is InChI=1S/C13H14ClN2O5P/c14-9-2-1-7-3-8(6-22(19,20)21)12(16-11(7)4-9)5-10(15)13(17)18/h1-4,10H,5-6,15H2,(H,17,18)(H2,19,20,21). The first kappa shape index (κ1) is 16.9. The Morgan fingerprint density at radius 2 is 2.05 bits per heavy atom. The molecule has 9 heteroatoms. The molecular weight excluding hydrogens is 331 g/mol. The summed E-state index contributed by atoms with van der Waals surface area (Å²) in [7, 11) is -4.32. The largest absolute Gasteiger partial charge is 0.480 e. The van der Waals surface area contributed by atoms with Crippen molar-refractivity contribution in [3.63, 3.8) is 0 Å². The second-order valence-electron chi connectivity index (χ2n) is 4.90. The zero-order chi connectivity index (χ0) is 16.5. The average molecular weight is 345 g/mol. The van der Waals surface area contributed by atoms with Crippen LogP contribution in [0.3, 0.4) is 0 Å². The minimum atomic E-state index is -4.32. The van der Waals surface area contributed by atoms with Gasteiger partial charge in [0.2, 0.25) is 0 Å². The maximum Gasteiger partial charge on any atom is 0.329 e. The van der Waals surface area contributed by atoms with Crippen LogP contribution in [0.5, 0.6) is 0 Å². The van der Waals surface area contributed by atoms with E-state index in [-0.39, 0.29) is 17.7 Å². The van der Waals surface area contributed by atoms with Crippen molar-refractivity contribution in [2.24, 2.45) is 5.73 Å². The Bertz CT molecular complexity index is 776. The highest BCUT2D eigenvalue weighted by Gasteiger charge is 2.21. The van der Waals surface area contributed by atoms with Crippen LogP contribution in [0.25, 0.3) is 10.9 Å². The molecule has 2 aromatic rings. The molecule has 1 unspecified atom stereocenters. The molecule has 7 nitrogen and oxygen atoms in total. The van der Waals surface area contributed by atoms with Gasteiger partial charge in [-0.25, -0.2) is 0 Å². The maximum absolute atomic E-state index is 11.3. The molecule has 0 aliphatic heterocycles. The normalized spacial score (nSPS) is 13.3. The number of carbonyl (C=O) groups is 1. The van der Waals surface area contributed by atoms with Crippen LogP contribution in [-0.2, 0) is 21.9 Å². The van der Waals surface area contributed by atoms with E-state index < -0.39 is 25.8 Å². The average Bonchev–Trinajstić information content (AvgIpc) is 2.37. The predicted molar refractivity (Wildman–Crippen MR) is 81.8 cm³/mol. The number of halogens is 1. The highest BCUT2D eigenvalue weighted by Crippen LogP contribution is 2.40. The minimum Gasteiger partial charge on any atom is -0.480 e. The first-order chi connectivity index (χ1) is 10.2. The molecule has 118 valence electrons. The Kier molecular flexibility index (Phi) is 4.84. The number of hydrogen-bond donors (Lipinski definition) is 4. The molecule has 1 aromatic carbocycles. The van der Waals surface area contributed by atoms with Crippen LogP contribution in [-0.4, -0.2) is 31.9 Å². The quantitative estimate of drug-likeness (QED) is 0.604. The number of aliphatic carboxylic acids is 1. The van der Waals surface area contributed by atoms with Crippen molar-refractivity contribution in [1.29, 1.82) is 0 Å². The molecule has 5 N–H and O–H groups in total. The van der Waals surface area contributed by atoms with E-state index in [2.05, 4.69) is 4.98 Å². The molecule has 0 radical (unpaired) electrons. The van der Waals surface area contributed by atoms with Crippen LogP contribution in [0.1, 0.15) is 11.3 Å². The van der Waals surface area contributed by atoms with Crippen molar-refractivity contribution in [3.8, 4) is 0 Å². The number of aromatic nitrogens is 1. The number of hydrogen-bond acceptors (Lipinski definition) is 4. The van der Waals surface area contributed by atoms with Crippen LogP contribution in [0.2, 0.25) is 5.02 Å². The zero-order valence-electron chi connectivity index (χ0n) is 11.3. The van der Waals surface area contributed by atoms with Gasteiger partial charge in [0.05, 0.1) is 11.7 Å². The fraction of sp³-hybridized carbons (Fsp3) is 0.231. The Morgan fingerprint density at radius 3 is 2.64 bits per heavy atom. The van der Waals surface area contributed by atoms with E-state index in [0.29, 0.717) is 15.9 Å². The van der Waals surface area contributed by atoms with Gasteiger partial charge in [0.1, 0.15) is 6.04 Å². The molecule has 0 spiro atoms. The lowest BCUT2D eigenvalue weighted by atomic mass is 10.0. The molecule has 1 aromatic heterocycles. The van der Waals surface area contributed by atoms with Gasteiger partial charge in [0.15, 0.2) is 0 Å². The number of nitrogens with zero attached hydrogens (tertiary/aromatic N) is 1. The third-order valence-corrected chi connectivity index (χ3v) is 4.04. The fourth-order valence-corrected chi connectivity index (χ4v) is 2.94. The van der Waals surface area contributed by atoms with Gasteiger partial charge < -0.3 is 20.6 Å². The Morgan fingerprint density at radius 1 is 1.36 bits per heavy atom. The molecular formula is C13H14ClN2O5P. The van der Waals surface area contributed by atoms with Gasteiger partial charge in [-0.15, -0.1) is 0 Å². The number of benzene rings is 1. The molecule has 0 saturated heterocycles. The molecule has 0 bridgehead atoms. The second-order valence-corrected chi connectivity index (χ2v) is 6.98. The second kappa shape index (κ2) is 6.32. The molecule has 0 aliphatic rings. The lowest BCUT2D eigenvalue weighted by Crippen LogP contribution is -2.33. The van der Waals surface area contributed by atoms with Crippen molar-refractivity contribution >= 4 is 36.1 Å². The van der Waals surface area contributed by atoms with Gasteiger partial charge in [-0.2, -0.15) is 0 Å². The summed E-state index contributed by atoms with van der Waals surface area (Å²) in [4.78, 5) is 33.5. The van der Waals surface area contributed by atoms with Crippen molar-refractivity contribution in [1.82, 2.24) is 4.98 Å². The zero-order valence-corrected chi connectivity index (χ0v) is 13.0. The summed E-state index contributed by atoms with van der Waals surface area (Å²) in [5, 5.41) is 10.0. The number of carboxylic acids is 1. The smallest absolute Gasteiger partial charge is 0.329 e. The summed E-state index contributed by atoms with van der Waals surface area (Å²) in [6.07, 6.45) is -0.659. The van der Waals surface area contributed by atoms with Gasteiger partial charge in [-0.1, -0.05) is 17.7 Å². The van der Waals surface area contributed by atoms with Gasteiger partial charge in [-0.3, -0.25) is 14.3 Å². The number of carboxylic acid groups (broad SMARTS) is 1. The Labute approximate surface area is 130 Å². The molecule has 2 rings (SSSR count).